The predicted octanol–water partition coefficient (Wildman–Crippen LogP) is 0.566. The Balaban J connectivity index is 2.34. The Hall–Kier alpha value is -0.880. The lowest BCUT2D eigenvalue weighted by Crippen LogP contribution is -2.46. The van der Waals surface area contributed by atoms with Crippen molar-refractivity contribution in [3.8, 4) is 0 Å². The molecule has 0 N–H and O–H groups in total. The summed E-state index contributed by atoms with van der Waals surface area (Å²) >= 11 is 0. The quantitative estimate of drug-likeness (QED) is 0.779. The third-order valence-electron chi connectivity index (χ3n) is 2.64. The molecule has 1 fully saturated rings. The third kappa shape index (κ3) is 1.99. The molecule has 0 aromatic heterocycles. The zero-order valence-corrected chi connectivity index (χ0v) is 10.4. The molecule has 1 aliphatic heterocycles. The van der Waals surface area contributed by atoms with Crippen LogP contribution in [0.2, 0.25) is 0 Å². The van der Waals surface area contributed by atoms with Gasteiger partial charge in [-0.1, -0.05) is 12.1 Å². The molecule has 0 saturated carbocycles. The van der Waals surface area contributed by atoms with E-state index >= 15 is 0 Å². The van der Waals surface area contributed by atoms with Gasteiger partial charge in [0, 0.05) is 0 Å². The van der Waals surface area contributed by atoms with E-state index in [0.717, 1.165) is 5.56 Å². The Bertz CT molecular complexity index is 602. The summed E-state index contributed by atoms with van der Waals surface area (Å²) in [5.74, 6) is -0.494. The summed E-state index contributed by atoms with van der Waals surface area (Å²) in [6.45, 7) is 1.80. The minimum atomic E-state index is -3.47. The number of aryl methyl sites for hydroxylation is 1. The normalized spacial score (nSPS) is 20.3. The highest BCUT2D eigenvalue weighted by Crippen LogP contribution is 2.25. The molecule has 0 aliphatic carbocycles. The molecule has 0 amide bonds. The van der Waals surface area contributed by atoms with E-state index in [1.165, 1.54) is 6.07 Å². The summed E-state index contributed by atoms with van der Waals surface area (Å²) in [6.07, 6.45) is 0. The van der Waals surface area contributed by atoms with Gasteiger partial charge >= 0.3 is 0 Å². The molecule has 2 rings (SSSR count). The van der Waals surface area contributed by atoms with Gasteiger partial charge in [0.05, 0.1) is 21.7 Å². The Morgan fingerprint density at radius 3 is 2.38 bits per heavy atom. The van der Waals surface area contributed by atoms with Crippen molar-refractivity contribution in [1.29, 1.82) is 0 Å². The van der Waals surface area contributed by atoms with Crippen LogP contribution in [-0.2, 0) is 19.7 Å². The van der Waals surface area contributed by atoms with E-state index in [1.807, 2.05) is 0 Å². The Morgan fingerprint density at radius 2 is 1.88 bits per heavy atom. The lowest BCUT2D eigenvalue weighted by molar-refractivity contribution is 0.559. The van der Waals surface area contributed by atoms with Crippen LogP contribution in [0.5, 0.6) is 0 Å². The number of hydrogen-bond donors (Lipinski definition) is 0. The zero-order valence-electron chi connectivity index (χ0n) is 8.75. The van der Waals surface area contributed by atoms with Gasteiger partial charge in [0.25, 0.3) is 0 Å². The zero-order chi connectivity index (χ0) is 12.0. The van der Waals surface area contributed by atoms with E-state index in [2.05, 4.69) is 0 Å². The van der Waals surface area contributed by atoms with Crippen LogP contribution in [0.4, 0.5) is 0 Å². The highest BCUT2D eigenvalue weighted by molar-refractivity contribution is 7.99. The minimum absolute atomic E-state index is 0.215. The maximum absolute atomic E-state index is 12.0. The highest BCUT2D eigenvalue weighted by Gasteiger charge is 2.43. The van der Waals surface area contributed by atoms with Crippen LogP contribution in [0.15, 0.2) is 29.2 Å². The molecule has 0 unspecified atom stereocenters. The Labute approximate surface area is 95.1 Å². The first-order valence-electron chi connectivity index (χ1n) is 4.82. The fourth-order valence-corrected chi connectivity index (χ4v) is 6.40. The van der Waals surface area contributed by atoms with Crippen molar-refractivity contribution in [3.05, 3.63) is 29.8 Å². The molecule has 4 nitrogen and oxygen atoms in total. The molecular formula is C10H12O4S2. The van der Waals surface area contributed by atoms with Crippen LogP contribution in [0.3, 0.4) is 0 Å². The molecule has 1 heterocycles. The van der Waals surface area contributed by atoms with Crippen molar-refractivity contribution in [2.45, 2.75) is 17.1 Å². The maximum atomic E-state index is 12.0. The van der Waals surface area contributed by atoms with Gasteiger partial charge in [-0.2, -0.15) is 0 Å². The van der Waals surface area contributed by atoms with Crippen LogP contribution >= 0.6 is 0 Å². The summed E-state index contributed by atoms with van der Waals surface area (Å²) in [7, 11) is -6.59. The molecule has 1 aromatic rings. The largest absolute Gasteiger partial charge is 0.229 e. The van der Waals surface area contributed by atoms with Crippen LogP contribution < -0.4 is 0 Å². The first-order valence-corrected chi connectivity index (χ1v) is 8.19. The third-order valence-corrected chi connectivity index (χ3v) is 7.00. The van der Waals surface area contributed by atoms with Gasteiger partial charge < -0.3 is 0 Å². The van der Waals surface area contributed by atoms with E-state index in [0.29, 0.717) is 0 Å². The smallest absolute Gasteiger partial charge is 0.183 e. The highest BCUT2D eigenvalue weighted by atomic mass is 32.2. The Morgan fingerprint density at radius 1 is 1.25 bits per heavy atom. The van der Waals surface area contributed by atoms with Crippen molar-refractivity contribution < 1.29 is 16.8 Å². The molecular weight excluding hydrogens is 248 g/mol. The lowest BCUT2D eigenvalue weighted by Gasteiger charge is -2.25. The van der Waals surface area contributed by atoms with Crippen molar-refractivity contribution in [3.63, 3.8) is 0 Å². The molecule has 1 aromatic carbocycles. The Kier molecular flexibility index (Phi) is 2.58. The fourth-order valence-electron chi connectivity index (χ4n) is 1.68. The molecule has 16 heavy (non-hydrogen) atoms. The second kappa shape index (κ2) is 3.56. The standard InChI is InChI=1S/C10H12O4S2/c1-8-3-2-4-9(5-8)16(13,14)10-6-15(11,12)7-10/h2-5,10H,6-7H2,1H3. The molecule has 88 valence electrons. The van der Waals surface area contributed by atoms with Crippen LogP contribution in [0.1, 0.15) is 5.56 Å². The first kappa shape index (κ1) is 11.6. The number of sulfone groups is 2. The second-order valence-corrected chi connectivity index (χ2v) is 8.44. The number of rotatable bonds is 2. The van der Waals surface area contributed by atoms with Crippen LogP contribution in [0.25, 0.3) is 0 Å². The molecule has 1 saturated heterocycles. The van der Waals surface area contributed by atoms with Gasteiger partial charge in [-0.05, 0) is 24.6 Å². The predicted molar refractivity (Wildman–Crippen MR) is 60.8 cm³/mol. The minimum Gasteiger partial charge on any atom is -0.229 e. The van der Waals surface area contributed by atoms with Crippen molar-refractivity contribution in [1.82, 2.24) is 0 Å². The molecule has 0 spiro atoms. The van der Waals surface area contributed by atoms with Crippen LogP contribution in [0, 0.1) is 6.92 Å². The number of benzene rings is 1. The molecule has 0 bridgehead atoms. The van der Waals surface area contributed by atoms with Gasteiger partial charge in [-0.15, -0.1) is 0 Å². The summed E-state index contributed by atoms with van der Waals surface area (Å²) in [6, 6.07) is 6.54. The first-order chi connectivity index (χ1) is 7.31. The van der Waals surface area contributed by atoms with Crippen LogP contribution in [-0.4, -0.2) is 33.6 Å². The van der Waals surface area contributed by atoms with E-state index < -0.39 is 24.9 Å². The van der Waals surface area contributed by atoms with Crippen molar-refractivity contribution >= 4 is 19.7 Å². The van der Waals surface area contributed by atoms with E-state index in [1.54, 1.807) is 25.1 Å². The van der Waals surface area contributed by atoms with E-state index in [9.17, 15) is 16.8 Å². The van der Waals surface area contributed by atoms with E-state index in [4.69, 9.17) is 0 Å². The molecule has 6 heteroatoms. The lowest BCUT2D eigenvalue weighted by atomic mass is 10.2. The van der Waals surface area contributed by atoms with Gasteiger partial charge in [0.1, 0.15) is 0 Å². The van der Waals surface area contributed by atoms with Gasteiger partial charge in [-0.3, -0.25) is 0 Å². The summed E-state index contributed by atoms with van der Waals surface area (Å²) in [5, 5.41) is -0.765. The second-order valence-electron chi connectivity index (χ2n) is 4.06. The summed E-state index contributed by atoms with van der Waals surface area (Å²) < 4.78 is 45.9. The van der Waals surface area contributed by atoms with E-state index in [-0.39, 0.29) is 16.4 Å². The van der Waals surface area contributed by atoms with Gasteiger partial charge in [0.2, 0.25) is 0 Å². The SMILES string of the molecule is Cc1cccc(S(=O)(=O)C2CS(=O)(=O)C2)c1. The van der Waals surface area contributed by atoms with Crippen molar-refractivity contribution in [2.24, 2.45) is 0 Å². The summed E-state index contributed by atoms with van der Waals surface area (Å²) in [4.78, 5) is 0.215. The fraction of sp³-hybridized carbons (Fsp3) is 0.400. The average Bonchev–Trinajstić information content (AvgIpc) is 2.14. The van der Waals surface area contributed by atoms with Gasteiger partial charge in [0.15, 0.2) is 19.7 Å². The van der Waals surface area contributed by atoms with Gasteiger partial charge in [-0.25, -0.2) is 16.8 Å². The molecule has 0 radical (unpaired) electrons. The topological polar surface area (TPSA) is 68.3 Å². The molecule has 0 atom stereocenters. The maximum Gasteiger partial charge on any atom is 0.183 e. The summed E-state index contributed by atoms with van der Waals surface area (Å²) in [5.41, 5.74) is 0.850. The monoisotopic (exact) mass is 260 g/mol. The molecule has 1 aliphatic rings. The average molecular weight is 260 g/mol. The number of hydrogen-bond acceptors (Lipinski definition) is 4. The van der Waals surface area contributed by atoms with Crippen molar-refractivity contribution in [2.75, 3.05) is 11.5 Å².